The third-order valence-corrected chi connectivity index (χ3v) is 20.2. The molecule has 0 aromatic heterocycles. The van der Waals surface area contributed by atoms with E-state index in [1.165, 1.54) is 0 Å². The van der Waals surface area contributed by atoms with Gasteiger partial charge < -0.3 is 104 Å². The third-order valence-electron chi connectivity index (χ3n) is 20.2. The minimum Gasteiger partial charge on any atom is -0.394 e. The molecule has 10 rings (SSSR count). The van der Waals surface area contributed by atoms with E-state index in [1.54, 1.807) is 0 Å². The van der Waals surface area contributed by atoms with Crippen molar-refractivity contribution in [3.05, 3.63) is 11.6 Å². The van der Waals surface area contributed by atoms with Crippen molar-refractivity contribution in [2.24, 2.45) is 45.3 Å². The monoisotopic (exact) mass is 1030 g/mol. The van der Waals surface area contributed by atoms with Crippen LogP contribution in [0.5, 0.6) is 0 Å². The molecule has 0 radical (unpaired) electrons. The molecule has 2 bridgehead atoms. The Kier molecular flexibility index (Phi) is 14.6. The number of hydrogen-bond donors (Lipinski definition) is 11. The summed E-state index contributed by atoms with van der Waals surface area (Å²) >= 11 is 0. The summed E-state index contributed by atoms with van der Waals surface area (Å²) in [6.45, 7) is 14.1. The number of aliphatic hydroxyl groups excluding tert-OH is 11. The number of aliphatic hydroxyl groups is 11. The Balaban J connectivity index is 0.908. The molecular formula is C51H82O21. The molecule has 21 heteroatoms. The molecule has 0 amide bonds. The van der Waals surface area contributed by atoms with Gasteiger partial charge in [-0.05, 0) is 93.3 Å². The number of ether oxygens (including phenoxy) is 10. The second-order valence-electron chi connectivity index (χ2n) is 24.8. The molecular weight excluding hydrogens is 949 g/mol. The standard InChI is InChI=1S/C51H82O21/c1-22(2)14-23-15-49(7,72-41-36(60)32(56)26(54)18-63-41)45-48(6)13-10-24-25(50(48)20-51(45,71-23)65-21-50)8-9-30-46(3,4)31(11-12-47(24,30)5)68-44-40(70-42-37(61)34(58)29(17-53)67-42)39(27(55)19-64-44)69-43-38(62)35(59)33(57)28(16-52)66-43/h14,23-45,52-62H,8-13,15-21H2,1-7H3/t23-,24+,25-,26-,27+,28-,29+,30+,31+,32-,33-,34+,35+,36+,37-,38-,39+,40-,41-,42+,43+,44+,45+,47-,48-,49+,50-,51+/m1/s1. The highest BCUT2D eigenvalue weighted by Crippen LogP contribution is 2.81. The fourth-order valence-corrected chi connectivity index (χ4v) is 16.9. The SMILES string of the molecule is CC(C)=C[C@@H]1C[C@](C)(O[C@H]2OC[C@@H](O)[C@@H](O)[C@@H]2O)[C@H]2[C@]3(C[C@@]4(CO3)[C@@H]3CC[C@H]5C(C)(C)[C@@H](O[C@@H]6OC[C@H](O)[C@H](O[C@@H]7O[C@H](CO)[C@@H](O)[C@H](O)[C@H]7O)[C@H]6O[C@@H]6O[C@@H](CO)[C@H](O)[C@H]6O)CC[C@]5(C)[C@H]3CC[C@]24C)O1. The zero-order valence-electron chi connectivity index (χ0n) is 42.6. The molecule has 10 fully saturated rings. The summed E-state index contributed by atoms with van der Waals surface area (Å²) in [6, 6.07) is 0. The molecule has 0 unspecified atom stereocenters. The van der Waals surface area contributed by atoms with E-state index in [2.05, 4.69) is 40.7 Å². The molecule has 0 aromatic rings. The van der Waals surface area contributed by atoms with E-state index in [0.29, 0.717) is 31.8 Å². The predicted octanol–water partition coefficient (Wildman–Crippen LogP) is -0.931. The summed E-state index contributed by atoms with van der Waals surface area (Å²) in [5.41, 5.74) is -1.01. The lowest BCUT2D eigenvalue weighted by Crippen LogP contribution is -2.69. The normalized spacial score (nSPS) is 56.9. The molecule has 6 saturated heterocycles. The van der Waals surface area contributed by atoms with E-state index >= 15 is 0 Å². The van der Waals surface area contributed by atoms with Gasteiger partial charge in [-0.25, -0.2) is 0 Å². The highest BCUT2D eigenvalue weighted by atomic mass is 16.8. The Labute approximate surface area is 420 Å². The smallest absolute Gasteiger partial charge is 0.187 e. The van der Waals surface area contributed by atoms with Gasteiger partial charge in [-0.15, -0.1) is 0 Å². The average molecular weight is 1030 g/mol. The van der Waals surface area contributed by atoms with Gasteiger partial charge in [0.05, 0.1) is 50.8 Å². The van der Waals surface area contributed by atoms with Gasteiger partial charge in [0, 0.05) is 24.2 Å². The fraction of sp³-hybridized carbons (Fsp3) is 0.961. The van der Waals surface area contributed by atoms with Crippen molar-refractivity contribution in [2.45, 2.75) is 228 Å². The lowest BCUT2D eigenvalue weighted by atomic mass is 9.37. The van der Waals surface area contributed by atoms with E-state index in [1.807, 2.05) is 13.8 Å². The van der Waals surface area contributed by atoms with Crippen molar-refractivity contribution in [2.75, 3.05) is 33.0 Å². The van der Waals surface area contributed by atoms with Gasteiger partial charge in [-0.1, -0.05) is 39.3 Å². The third kappa shape index (κ3) is 8.36. The molecule has 10 aliphatic rings. The first-order valence-electron chi connectivity index (χ1n) is 26.4. The minimum atomic E-state index is -1.82. The first-order chi connectivity index (χ1) is 33.9. The van der Waals surface area contributed by atoms with Crippen molar-refractivity contribution in [1.29, 1.82) is 0 Å². The summed E-state index contributed by atoms with van der Waals surface area (Å²) in [4.78, 5) is 0. The number of rotatable bonds is 11. The van der Waals surface area contributed by atoms with Gasteiger partial charge in [0.25, 0.3) is 0 Å². The van der Waals surface area contributed by atoms with Gasteiger partial charge in [0.1, 0.15) is 79.4 Å². The van der Waals surface area contributed by atoms with Crippen molar-refractivity contribution < 1.29 is 104 Å². The summed E-state index contributed by atoms with van der Waals surface area (Å²) in [5, 5.41) is 117. The van der Waals surface area contributed by atoms with Crippen LogP contribution >= 0.6 is 0 Å². The number of fused-ring (bicyclic) bond motifs is 4. The summed E-state index contributed by atoms with van der Waals surface area (Å²) in [6.07, 6.45) is -17.5. The number of hydrogen-bond acceptors (Lipinski definition) is 21. The van der Waals surface area contributed by atoms with Crippen LogP contribution in [-0.4, -0.2) is 217 Å². The fourth-order valence-electron chi connectivity index (χ4n) is 16.9. The predicted molar refractivity (Wildman–Crippen MR) is 245 cm³/mol. The lowest BCUT2D eigenvalue weighted by molar-refractivity contribution is -0.388. The van der Waals surface area contributed by atoms with Gasteiger partial charge in [0.2, 0.25) is 0 Å². The van der Waals surface area contributed by atoms with Gasteiger partial charge in [-0.2, -0.15) is 0 Å². The van der Waals surface area contributed by atoms with Crippen LogP contribution in [0.4, 0.5) is 0 Å². The van der Waals surface area contributed by atoms with E-state index < -0.39 is 141 Å². The highest BCUT2D eigenvalue weighted by molar-refractivity contribution is 5.28. The van der Waals surface area contributed by atoms with Crippen molar-refractivity contribution in [1.82, 2.24) is 0 Å². The van der Waals surface area contributed by atoms with Crippen LogP contribution in [0.2, 0.25) is 0 Å². The Morgan fingerprint density at radius 3 is 1.90 bits per heavy atom. The van der Waals surface area contributed by atoms with Crippen LogP contribution in [0.25, 0.3) is 0 Å². The molecule has 4 aliphatic carbocycles. The molecule has 6 aliphatic heterocycles. The largest absolute Gasteiger partial charge is 0.394 e. The minimum absolute atomic E-state index is 0.139. The first kappa shape index (κ1) is 54.3. The molecule has 21 nitrogen and oxygen atoms in total. The lowest BCUT2D eigenvalue weighted by Gasteiger charge is -2.69. The van der Waals surface area contributed by atoms with Crippen LogP contribution in [-0.2, 0) is 47.4 Å². The molecule has 28 atom stereocenters. The van der Waals surface area contributed by atoms with Crippen molar-refractivity contribution in [3.8, 4) is 0 Å². The van der Waals surface area contributed by atoms with E-state index in [9.17, 15) is 56.2 Å². The second-order valence-corrected chi connectivity index (χ2v) is 24.8. The molecule has 11 N–H and O–H groups in total. The topological polar surface area (TPSA) is 315 Å². The zero-order chi connectivity index (χ0) is 51.8. The molecule has 0 aromatic carbocycles. The summed E-state index contributed by atoms with van der Waals surface area (Å²) in [5.74, 6) is -0.465. The highest BCUT2D eigenvalue weighted by Gasteiger charge is 2.83. The molecule has 72 heavy (non-hydrogen) atoms. The van der Waals surface area contributed by atoms with Crippen LogP contribution in [0.1, 0.15) is 99.8 Å². The van der Waals surface area contributed by atoms with Gasteiger partial charge >= 0.3 is 0 Å². The van der Waals surface area contributed by atoms with E-state index in [4.69, 9.17) is 47.4 Å². The Bertz CT molecular complexity index is 1970. The maximum absolute atomic E-state index is 11.4. The summed E-state index contributed by atoms with van der Waals surface area (Å²) in [7, 11) is 0. The summed E-state index contributed by atoms with van der Waals surface area (Å²) < 4.78 is 64.1. The molecule has 6 heterocycles. The maximum atomic E-state index is 11.4. The Hall–Kier alpha value is -1.10. The quantitative estimate of drug-likeness (QED) is 0.0880. The van der Waals surface area contributed by atoms with Gasteiger partial charge in [0.15, 0.2) is 30.9 Å². The van der Waals surface area contributed by atoms with Crippen LogP contribution < -0.4 is 0 Å². The van der Waals surface area contributed by atoms with Crippen LogP contribution in [0.3, 0.4) is 0 Å². The number of allylic oxidation sites excluding steroid dienone is 1. The van der Waals surface area contributed by atoms with E-state index in [0.717, 1.165) is 37.7 Å². The molecule has 2 spiro atoms. The Morgan fingerprint density at radius 1 is 0.625 bits per heavy atom. The second kappa shape index (κ2) is 19.4. The zero-order valence-corrected chi connectivity index (χ0v) is 42.6. The van der Waals surface area contributed by atoms with Crippen molar-refractivity contribution in [3.63, 3.8) is 0 Å². The molecule has 412 valence electrons. The average Bonchev–Trinajstić information content (AvgIpc) is 3.91. The van der Waals surface area contributed by atoms with Crippen LogP contribution in [0, 0.1) is 45.3 Å². The maximum Gasteiger partial charge on any atom is 0.187 e. The van der Waals surface area contributed by atoms with E-state index in [-0.39, 0.29) is 53.3 Å². The van der Waals surface area contributed by atoms with Crippen LogP contribution in [0.15, 0.2) is 11.6 Å². The van der Waals surface area contributed by atoms with Gasteiger partial charge in [-0.3, -0.25) is 0 Å². The Morgan fingerprint density at radius 2 is 1.24 bits per heavy atom. The van der Waals surface area contributed by atoms with Crippen molar-refractivity contribution >= 4 is 0 Å². The first-order valence-corrected chi connectivity index (χ1v) is 26.4. The molecule has 4 saturated carbocycles.